The second-order valence-electron chi connectivity index (χ2n) is 4.82. The zero-order valence-corrected chi connectivity index (χ0v) is 13.7. The molecule has 1 aromatic carbocycles. The molecule has 19 heavy (non-hydrogen) atoms. The van der Waals surface area contributed by atoms with E-state index in [2.05, 4.69) is 41.6 Å². The Morgan fingerprint density at radius 2 is 2.05 bits per heavy atom. The quantitative estimate of drug-likeness (QED) is 0.831. The van der Waals surface area contributed by atoms with Crippen molar-refractivity contribution in [1.82, 2.24) is 4.90 Å². The van der Waals surface area contributed by atoms with E-state index >= 15 is 0 Å². The molecule has 0 fully saturated rings. The number of rotatable bonds is 6. The van der Waals surface area contributed by atoms with E-state index in [1.807, 2.05) is 18.2 Å². The lowest BCUT2D eigenvalue weighted by molar-refractivity contribution is -0.137. The number of aliphatic carboxylic acids is 1. The van der Waals surface area contributed by atoms with Crippen molar-refractivity contribution in [2.45, 2.75) is 39.3 Å². The summed E-state index contributed by atoms with van der Waals surface area (Å²) in [5.41, 5.74) is 1.02. The number of carboxylic acids is 1. The standard InChI is InChI=1S/C14H19BrClNO2/c1-9(2)17(7-6-14(18)19)10(3)12-5-4-11(15)8-13(12)16/h4-5,8-10H,6-7H2,1-3H3,(H,18,19). The lowest BCUT2D eigenvalue weighted by Gasteiger charge is -2.33. The SMILES string of the molecule is CC(C)N(CCC(=O)O)C(C)c1ccc(Br)cc1Cl. The van der Waals surface area contributed by atoms with E-state index in [1.54, 1.807) is 0 Å². The van der Waals surface area contributed by atoms with Crippen molar-refractivity contribution >= 4 is 33.5 Å². The number of benzene rings is 1. The van der Waals surface area contributed by atoms with Crippen LogP contribution in [0, 0.1) is 0 Å². The minimum Gasteiger partial charge on any atom is -0.481 e. The number of carboxylic acid groups (broad SMARTS) is 1. The van der Waals surface area contributed by atoms with Crippen molar-refractivity contribution in [3.8, 4) is 0 Å². The fourth-order valence-electron chi connectivity index (χ4n) is 2.14. The van der Waals surface area contributed by atoms with Gasteiger partial charge in [0, 0.05) is 28.1 Å². The summed E-state index contributed by atoms with van der Waals surface area (Å²) in [5, 5.41) is 9.53. The van der Waals surface area contributed by atoms with Crippen LogP contribution in [0.4, 0.5) is 0 Å². The van der Waals surface area contributed by atoms with Crippen molar-refractivity contribution in [3.63, 3.8) is 0 Å². The van der Waals surface area contributed by atoms with Crippen LogP contribution in [0.5, 0.6) is 0 Å². The van der Waals surface area contributed by atoms with Crippen LogP contribution in [0.15, 0.2) is 22.7 Å². The molecule has 0 bridgehead atoms. The molecule has 1 unspecified atom stereocenters. The van der Waals surface area contributed by atoms with Crippen molar-refractivity contribution < 1.29 is 9.90 Å². The predicted octanol–water partition coefficient (Wildman–Crippen LogP) is 4.35. The Hall–Kier alpha value is -0.580. The molecule has 0 radical (unpaired) electrons. The van der Waals surface area contributed by atoms with Gasteiger partial charge in [-0.15, -0.1) is 0 Å². The molecule has 0 saturated carbocycles. The fourth-order valence-corrected chi connectivity index (χ4v) is 2.97. The molecule has 5 heteroatoms. The van der Waals surface area contributed by atoms with Gasteiger partial charge in [0.1, 0.15) is 0 Å². The van der Waals surface area contributed by atoms with E-state index in [1.165, 1.54) is 0 Å². The second kappa shape index (κ2) is 7.27. The van der Waals surface area contributed by atoms with Gasteiger partial charge in [-0.1, -0.05) is 33.6 Å². The molecule has 0 aliphatic carbocycles. The summed E-state index contributed by atoms with van der Waals surface area (Å²) < 4.78 is 0.940. The van der Waals surface area contributed by atoms with Crippen LogP contribution >= 0.6 is 27.5 Å². The van der Waals surface area contributed by atoms with Gasteiger partial charge in [0.25, 0.3) is 0 Å². The third-order valence-corrected chi connectivity index (χ3v) is 3.98. The van der Waals surface area contributed by atoms with Gasteiger partial charge in [0.15, 0.2) is 0 Å². The fraction of sp³-hybridized carbons (Fsp3) is 0.500. The third kappa shape index (κ3) is 4.79. The summed E-state index contributed by atoms with van der Waals surface area (Å²) >= 11 is 9.65. The highest BCUT2D eigenvalue weighted by molar-refractivity contribution is 9.10. The van der Waals surface area contributed by atoms with Gasteiger partial charge < -0.3 is 5.11 Å². The molecule has 0 aliphatic heterocycles. The molecule has 0 saturated heterocycles. The number of carbonyl (C=O) groups is 1. The maximum Gasteiger partial charge on any atom is 0.304 e. The van der Waals surface area contributed by atoms with E-state index in [4.69, 9.17) is 16.7 Å². The summed E-state index contributed by atoms with van der Waals surface area (Å²) in [5.74, 6) is -0.778. The molecule has 1 rings (SSSR count). The first-order valence-corrected chi connectivity index (χ1v) is 7.42. The lowest BCUT2D eigenvalue weighted by Crippen LogP contribution is -2.35. The molecular formula is C14H19BrClNO2. The maximum absolute atomic E-state index is 10.7. The maximum atomic E-state index is 10.7. The first kappa shape index (κ1) is 16.5. The highest BCUT2D eigenvalue weighted by Crippen LogP contribution is 2.30. The predicted molar refractivity (Wildman–Crippen MR) is 81.7 cm³/mol. The van der Waals surface area contributed by atoms with Crippen molar-refractivity contribution in [2.24, 2.45) is 0 Å². The Balaban J connectivity index is 2.92. The molecule has 0 spiro atoms. The van der Waals surface area contributed by atoms with Crippen molar-refractivity contribution in [1.29, 1.82) is 0 Å². The molecule has 0 amide bonds. The largest absolute Gasteiger partial charge is 0.481 e. The van der Waals surface area contributed by atoms with Gasteiger partial charge >= 0.3 is 5.97 Å². The van der Waals surface area contributed by atoms with E-state index in [0.717, 1.165) is 10.0 Å². The van der Waals surface area contributed by atoms with Crippen molar-refractivity contribution in [3.05, 3.63) is 33.3 Å². The van der Waals surface area contributed by atoms with Gasteiger partial charge in [-0.05, 0) is 38.5 Å². The normalized spacial score (nSPS) is 13.0. The Kier molecular flexibility index (Phi) is 6.30. The van der Waals surface area contributed by atoms with E-state index in [0.29, 0.717) is 11.6 Å². The van der Waals surface area contributed by atoms with Crippen LogP contribution in [-0.2, 0) is 4.79 Å². The summed E-state index contributed by atoms with van der Waals surface area (Å²) in [4.78, 5) is 12.9. The van der Waals surface area contributed by atoms with Gasteiger partial charge in [0.2, 0.25) is 0 Å². The number of halogens is 2. The second-order valence-corrected chi connectivity index (χ2v) is 6.14. The molecule has 0 heterocycles. The lowest BCUT2D eigenvalue weighted by atomic mass is 10.0. The Morgan fingerprint density at radius 3 is 2.53 bits per heavy atom. The van der Waals surface area contributed by atoms with Gasteiger partial charge in [0.05, 0.1) is 6.42 Å². The summed E-state index contributed by atoms with van der Waals surface area (Å²) in [6.45, 7) is 6.69. The van der Waals surface area contributed by atoms with E-state index in [-0.39, 0.29) is 18.5 Å². The van der Waals surface area contributed by atoms with Crippen LogP contribution in [0.25, 0.3) is 0 Å². The average Bonchev–Trinajstić information content (AvgIpc) is 2.27. The van der Waals surface area contributed by atoms with E-state index in [9.17, 15) is 4.79 Å². The summed E-state index contributed by atoms with van der Waals surface area (Å²) in [6, 6.07) is 6.14. The number of hydrogen-bond acceptors (Lipinski definition) is 2. The molecule has 0 aliphatic rings. The topological polar surface area (TPSA) is 40.5 Å². The molecule has 106 valence electrons. The van der Waals surface area contributed by atoms with Crippen LogP contribution in [-0.4, -0.2) is 28.6 Å². The molecule has 1 aromatic rings. The third-order valence-electron chi connectivity index (χ3n) is 3.16. The minimum atomic E-state index is -0.778. The first-order valence-electron chi connectivity index (χ1n) is 6.25. The van der Waals surface area contributed by atoms with Crippen LogP contribution in [0.3, 0.4) is 0 Å². The molecule has 3 nitrogen and oxygen atoms in total. The highest BCUT2D eigenvalue weighted by atomic mass is 79.9. The summed E-state index contributed by atoms with van der Waals surface area (Å²) in [6.07, 6.45) is 0.136. The Labute approximate surface area is 127 Å². The van der Waals surface area contributed by atoms with Crippen LogP contribution in [0.1, 0.15) is 38.8 Å². The van der Waals surface area contributed by atoms with Gasteiger partial charge in [-0.2, -0.15) is 0 Å². The summed E-state index contributed by atoms with van der Waals surface area (Å²) in [7, 11) is 0. The first-order chi connectivity index (χ1) is 8.82. The number of nitrogens with zero attached hydrogens (tertiary/aromatic N) is 1. The minimum absolute atomic E-state index is 0.0833. The zero-order chi connectivity index (χ0) is 14.6. The van der Waals surface area contributed by atoms with Crippen molar-refractivity contribution in [2.75, 3.05) is 6.54 Å². The monoisotopic (exact) mass is 347 g/mol. The Morgan fingerprint density at radius 1 is 1.42 bits per heavy atom. The number of hydrogen-bond donors (Lipinski definition) is 1. The molecule has 1 N–H and O–H groups in total. The van der Waals surface area contributed by atoms with Gasteiger partial charge in [-0.3, -0.25) is 9.69 Å². The Bertz CT molecular complexity index is 451. The van der Waals surface area contributed by atoms with Gasteiger partial charge in [-0.25, -0.2) is 0 Å². The molecular weight excluding hydrogens is 330 g/mol. The van der Waals surface area contributed by atoms with Crippen LogP contribution in [0.2, 0.25) is 5.02 Å². The molecule has 1 atom stereocenters. The van der Waals surface area contributed by atoms with Crippen LogP contribution < -0.4 is 0 Å². The molecule has 0 aromatic heterocycles. The van der Waals surface area contributed by atoms with E-state index < -0.39 is 5.97 Å². The zero-order valence-electron chi connectivity index (χ0n) is 11.4. The highest BCUT2D eigenvalue weighted by Gasteiger charge is 2.21. The smallest absolute Gasteiger partial charge is 0.304 e. The average molecular weight is 349 g/mol.